The van der Waals surface area contributed by atoms with Crippen LogP contribution in [0.1, 0.15) is 51.4 Å². The normalized spacial score (nSPS) is 34.0. The first-order valence-electron chi connectivity index (χ1n) is 8.48. The van der Waals surface area contributed by atoms with Crippen molar-refractivity contribution >= 4 is 24.2 Å². The molecule has 22 heavy (non-hydrogen) atoms. The quantitative estimate of drug-likeness (QED) is 0.728. The van der Waals surface area contributed by atoms with Crippen LogP contribution in [0.5, 0.6) is 0 Å². The molecule has 3 aliphatic carbocycles. The van der Waals surface area contributed by atoms with E-state index in [1.165, 1.54) is 19.3 Å². The SMILES string of the molecule is Cl.NC1C2CCC(C2)C1C(=O)NCC(=O)NC1CCCCC1. The number of nitrogens with two attached hydrogens (primary N) is 1. The number of amides is 2. The topological polar surface area (TPSA) is 84.2 Å². The molecule has 0 saturated heterocycles. The Balaban J connectivity index is 0.00000176. The van der Waals surface area contributed by atoms with Crippen LogP contribution in [0.3, 0.4) is 0 Å². The van der Waals surface area contributed by atoms with Gasteiger partial charge >= 0.3 is 0 Å². The third-order valence-corrected chi connectivity index (χ3v) is 5.68. The van der Waals surface area contributed by atoms with Crippen LogP contribution in [0.15, 0.2) is 0 Å². The van der Waals surface area contributed by atoms with E-state index < -0.39 is 0 Å². The Morgan fingerprint density at radius 2 is 1.68 bits per heavy atom. The Kier molecular flexibility index (Phi) is 6.09. The van der Waals surface area contributed by atoms with Crippen LogP contribution < -0.4 is 16.4 Å². The minimum atomic E-state index is -0.0776. The molecule has 4 atom stereocenters. The smallest absolute Gasteiger partial charge is 0.239 e. The molecule has 4 unspecified atom stereocenters. The fraction of sp³-hybridized carbons (Fsp3) is 0.875. The molecule has 3 aliphatic rings. The van der Waals surface area contributed by atoms with Crippen LogP contribution in [0.25, 0.3) is 0 Å². The molecule has 0 radical (unpaired) electrons. The predicted molar refractivity (Wildman–Crippen MR) is 87.6 cm³/mol. The molecule has 0 heterocycles. The lowest BCUT2D eigenvalue weighted by Crippen LogP contribution is -2.48. The van der Waals surface area contributed by atoms with E-state index in [1.54, 1.807) is 0 Å². The fourth-order valence-electron chi connectivity index (χ4n) is 4.54. The van der Waals surface area contributed by atoms with E-state index >= 15 is 0 Å². The second kappa shape index (κ2) is 7.64. The van der Waals surface area contributed by atoms with Crippen molar-refractivity contribution < 1.29 is 9.59 Å². The monoisotopic (exact) mass is 329 g/mol. The molecule has 2 amide bonds. The number of carbonyl (C=O) groups is 2. The zero-order valence-corrected chi connectivity index (χ0v) is 13.9. The summed E-state index contributed by atoms with van der Waals surface area (Å²) in [6.07, 6.45) is 9.16. The maximum Gasteiger partial charge on any atom is 0.239 e. The van der Waals surface area contributed by atoms with E-state index in [4.69, 9.17) is 5.73 Å². The van der Waals surface area contributed by atoms with Gasteiger partial charge < -0.3 is 16.4 Å². The van der Waals surface area contributed by atoms with Gasteiger partial charge in [0.1, 0.15) is 0 Å². The van der Waals surface area contributed by atoms with Gasteiger partial charge in [0.25, 0.3) is 0 Å². The van der Waals surface area contributed by atoms with Gasteiger partial charge in [-0.25, -0.2) is 0 Å². The molecule has 2 bridgehead atoms. The lowest BCUT2D eigenvalue weighted by atomic mass is 9.84. The van der Waals surface area contributed by atoms with Gasteiger partial charge in [0.2, 0.25) is 11.8 Å². The van der Waals surface area contributed by atoms with Crippen molar-refractivity contribution in [1.29, 1.82) is 0 Å². The fourth-order valence-corrected chi connectivity index (χ4v) is 4.54. The second-order valence-corrected chi connectivity index (χ2v) is 7.06. The summed E-state index contributed by atoms with van der Waals surface area (Å²) in [7, 11) is 0. The van der Waals surface area contributed by atoms with Gasteiger partial charge in [0.15, 0.2) is 0 Å². The minimum Gasteiger partial charge on any atom is -0.352 e. The number of rotatable bonds is 4. The Hall–Kier alpha value is -0.810. The number of nitrogens with one attached hydrogen (secondary N) is 2. The van der Waals surface area contributed by atoms with Crippen LogP contribution in [0.4, 0.5) is 0 Å². The van der Waals surface area contributed by atoms with Crippen LogP contribution >= 0.6 is 12.4 Å². The highest BCUT2D eigenvalue weighted by Crippen LogP contribution is 2.47. The molecule has 4 N–H and O–H groups in total. The van der Waals surface area contributed by atoms with E-state index in [2.05, 4.69) is 10.6 Å². The molecular weight excluding hydrogens is 302 g/mol. The molecule has 3 fully saturated rings. The Morgan fingerprint density at radius 1 is 1.00 bits per heavy atom. The number of hydrogen-bond acceptors (Lipinski definition) is 3. The van der Waals surface area contributed by atoms with E-state index in [9.17, 15) is 9.59 Å². The maximum absolute atomic E-state index is 12.3. The zero-order valence-electron chi connectivity index (χ0n) is 13.1. The van der Waals surface area contributed by atoms with Gasteiger partial charge in [-0.05, 0) is 43.9 Å². The molecule has 126 valence electrons. The van der Waals surface area contributed by atoms with Crippen molar-refractivity contribution in [2.24, 2.45) is 23.5 Å². The summed E-state index contributed by atoms with van der Waals surface area (Å²) in [5.41, 5.74) is 6.16. The molecule has 3 saturated carbocycles. The molecule has 0 spiro atoms. The third kappa shape index (κ3) is 3.74. The van der Waals surface area contributed by atoms with Crippen molar-refractivity contribution in [1.82, 2.24) is 10.6 Å². The zero-order chi connectivity index (χ0) is 14.8. The lowest BCUT2D eigenvalue weighted by Gasteiger charge is -2.27. The second-order valence-electron chi connectivity index (χ2n) is 7.06. The van der Waals surface area contributed by atoms with Gasteiger partial charge in [-0.2, -0.15) is 0 Å². The van der Waals surface area contributed by atoms with E-state index in [0.29, 0.717) is 17.9 Å². The number of hydrogen-bond donors (Lipinski definition) is 3. The lowest BCUT2D eigenvalue weighted by molar-refractivity contribution is -0.130. The average Bonchev–Trinajstić information content (AvgIpc) is 3.07. The van der Waals surface area contributed by atoms with Gasteiger partial charge in [-0.3, -0.25) is 9.59 Å². The highest BCUT2D eigenvalue weighted by molar-refractivity contribution is 5.86. The van der Waals surface area contributed by atoms with Crippen molar-refractivity contribution in [3.05, 3.63) is 0 Å². The summed E-state index contributed by atoms with van der Waals surface area (Å²) in [6, 6.07) is 0.290. The molecule has 3 rings (SSSR count). The molecule has 6 heteroatoms. The summed E-state index contributed by atoms with van der Waals surface area (Å²) < 4.78 is 0. The van der Waals surface area contributed by atoms with Crippen LogP contribution in [-0.4, -0.2) is 30.4 Å². The number of halogens is 1. The molecule has 0 aliphatic heterocycles. The number of fused-ring (bicyclic) bond motifs is 2. The average molecular weight is 330 g/mol. The van der Waals surface area contributed by atoms with Crippen molar-refractivity contribution in [3.63, 3.8) is 0 Å². The highest BCUT2D eigenvalue weighted by atomic mass is 35.5. The first-order chi connectivity index (χ1) is 10.1. The van der Waals surface area contributed by atoms with Crippen molar-refractivity contribution in [3.8, 4) is 0 Å². The minimum absolute atomic E-state index is 0. The third-order valence-electron chi connectivity index (χ3n) is 5.68. The number of carbonyl (C=O) groups excluding carboxylic acids is 2. The first-order valence-corrected chi connectivity index (χ1v) is 8.48. The van der Waals surface area contributed by atoms with Crippen LogP contribution in [0, 0.1) is 17.8 Å². The van der Waals surface area contributed by atoms with Crippen LogP contribution in [0.2, 0.25) is 0 Å². The Bertz CT molecular complexity index is 410. The van der Waals surface area contributed by atoms with Gasteiger partial charge in [0.05, 0.1) is 12.5 Å². The van der Waals surface area contributed by atoms with Crippen molar-refractivity contribution in [2.75, 3.05) is 6.54 Å². The maximum atomic E-state index is 12.3. The van der Waals surface area contributed by atoms with Crippen molar-refractivity contribution in [2.45, 2.75) is 63.5 Å². The van der Waals surface area contributed by atoms with Gasteiger partial charge in [-0.15, -0.1) is 12.4 Å². The standard InChI is InChI=1S/C16H27N3O2.ClH/c17-15-11-7-6-10(8-11)14(15)16(21)18-9-13(20)19-12-4-2-1-3-5-12;/h10-12,14-15H,1-9,17H2,(H,18,21)(H,19,20);1H. The summed E-state index contributed by atoms with van der Waals surface area (Å²) >= 11 is 0. The van der Waals surface area contributed by atoms with E-state index in [-0.39, 0.29) is 42.7 Å². The molecule has 0 aromatic rings. The summed E-state index contributed by atoms with van der Waals surface area (Å²) in [5.74, 6) is 0.792. The molecule has 0 aromatic carbocycles. The van der Waals surface area contributed by atoms with Crippen LogP contribution in [-0.2, 0) is 9.59 Å². The first kappa shape index (κ1) is 17.5. The Morgan fingerprint density at radius 3 is 2.32 bits per heavy atom. The van der Waals surface area contributed by atoms with E-state index in [1.807, 2.05) is 0 Å². The predicted octanol–water partition coefficient (Wildman–Crippen LogP) is 1.35. The summed E-state index contributed by atoms with van der Waals surface area (Å²) in [4.78, 5) is 24.2. The summed E-state index contributed by atoms with van der Waals surface area (Å²) in [5, 5.41) is 5.82. The Labute approximate surface area is 138 Å². The molecule has 0 aromatic heterocycles. The largest absolute Gasteiger partial charge is 0.352 e. The van der Waals surface area contributed by atoms with Gasteiger partial charge in [0, 0.05) is 12.1 Å². The van der Waals surface area contributed by atoms with E-state index in [0.717, 1.165) is 32.1 Å². The van der Waals surface area contributed by atoms with Gasteiger partial charge in [-0.1, -0.05) is 19.3 Å². The molecule has 5 nitrogen and oxygen atoms in total. The highest BCUT2D eigenvalue weighted by Gasteiger charge is 2.48. The summed E-state index contributed by atoms with van der Waals surface area (Å²) in [6.45, 7) is 0.0932. The molecular formula is C16H28ClN3O2.